The maximum absolute atomic E-state index is 14.3. The van der Waals surface area contributed by atoms with Gasteiger partial charge in [0.15, 0.2) is 0 Å². The number of rotatable bonds is 10. The molecule has 0 aliphatic carbocycles. The summed E-state index contributed by atoms with van der Waals surface area (Å²) in [6.07, 6.45) is 13.7. The van der Waals surface area contributed by atoms with E-state index in [4.69, 9.17) is 9.97 Å². The van der Waals surface area contributed by atoms with Crippen LogP contribution < -0.4 is 4.90 Å². The summed E-state index contributed by atoms with van der Waals surface area (Å²) in [5, 5.41) is 2.44. The molecule has 0 atom stereocenters. The van der Waals surface area contributed by atoms with Crippen LogP contribution in [0, 0.1) is 42.0 Å². The van der Waals surface area contributed by atoms with Crippen LogP contribution in [0.4, 0.5) is 14.5 Å². The predicted octanol–water partition coefficient (Wildman–Crippen LogP) is 15.3. The van der Waals surface area contributed by atoms with Crippen LogP contribution in [0.1, 0.15) is 87.3 Å². The van der Waals surface area contributed by atoms with E-state index in [9.17, 15) is 8.78 Å². The largest absolute Gasteiger partial charge is 0.372 e. The monoisotopic (exact) mass is 2060 g/mol. The van der Waals surface area contributed by atoms with E-state index in [0.29, 0.717) is 17.1 Å². The second-order valence-corrected chi connectivity index (χ2v) is 19.5. The first kappa shape index (κ1) is 74.4. The summed E-state index contributed by atoms with van der Waals surface area (Å²) in [4.78, 5) is 41.6. The molecule has 5 radical (unpaired) electrons. The molecule has 0 bridgehead atoms. The van der Waals surface area contributed by atoms with E-state index in [1.165, 1.54) is 28.1 Å². The van der Waals surface area contributed by atoms with E-state index < -0.39 is 11.6 Å². The molecule has 11 aromatic rings. The van der Waals surface area contributed by atoms with Crippen LogP contribution in [0.5, 0.6) is 0 Å². The zero-order valence-electron chi connectivity index (χ0n) is 49.3. The summed E-state index contributed by atoms with van der Waals surface area (Å²) >= 11 is 0. The molecule has 0 saturated heterocycles. The van der Waals surface area contributed by atoms with Crippen LogP contribution in [0.2, 0.25) is 0 Å². The van der Waals surface area contributed by atoms with Crippen molar-refractivity contribution in [2.75, 3.05) is 18.0 Å². The van der Waals surface area contributed by atoms with Crippen molar-refractivity contribution in [1.29, 1.82) is 0 Å². The van der Waals surface area contributed by atoms with Gasteiger partial charge in [0.05, 0.1) is 11.6 Å². The first-order valence-electron chi connectivity index (χ1n) is 28.5. The van der Waals surface area contributed by atoms with E-state index in [0.717, 1.165) is 151 Å². The molecule has 0 unspecified atom stereocenters. The molecule has 0 amide bonds. The Morgan fingerprint density at radius 1 is 0.466 bits per heavy atom. The second kappa shape index (κ2) is 38.5. The molecule has 463 valence electrons. The number of halogens is 2. The zero-order chi connectivity index (χ0) is 57.8. The number of hydrogen-bond donors (Lipinski definition) is 0. The van der Waals surface area contributed by atoms with Crippen LogP contribution in [-0.2, 0) is 145 Å². The Hall–Kier alpha value is -6.04. The van der Waals surface area contributed by atoms with Crippen molar-refractivity contribution in [3.8, 4) is 56.5 Å². The fourth-order valence-electron chi connectivity index (χ4n) is 9.81. The van der Waals surface area contributed by atoms with Crippen molar-refractivity contribution in [2.45, 2.75) is 92.4 Å². The molecule has 7 heterocycles. The van der Waals surface area contributed by atoms with Crippen molar-refractivity contribution in [3.63, 3.8) is 0 Å². The van der Waals surface area contributed by atoms with Crippen molar-refractivity contribution in [2.24, 2.45) is 0 Å². The Bertz CT molecular complexity index is 3660. The zero-order valence-corrected chi connectivity index (χ0v) is 61.3. The molecular formula is C71H65F2Ir5N10-5. The number of hydrogen-bond acceptors (Lipinski definition) is 10. The van der Waals surface area contributed by atoms with Crippen molar-refractivity contribution in [1.82, 2.24) is 44.9 Å². The quantitative estimate of drug-likeness (QED) is 0.122. The fourth-order valence-corrected chi connectivity index (χ4v) is 9.81. The average Bonchev–Trinajstić information content (AvgIpc) is 1.92. The number of nitrogens with zero attached hydrogens (tertiary/aromatic N) is 10. The maximum atomic E-state index is 14.3. The third-order valence-electron chi connectivity index (χ3n) is 13.9. The van der Waals surface area contributed by atoms with Gasteiger partial charge in [-0.2, -0.15) is 0 Å². The normalized spacial score (nSPS) is 11.3. The Labute approximate surface area is 584 Å². The van der Waals surface area contributed by atoms with Crippen LogP contribution in [0.3, 0.4) is 0 Å². The summed E-state index contributed by atoms with van der Waals surface area (Å²) < 4.78 is 27.5. The molecule has 0 spiro atoms. The van der Waals surface area contributed by atoms with Crippen molar-refractivity contribution < 1.29 is 109 Å². The molecule has 13 rings (SSSR count). The molecule has 0 fully saturated rings. The van der Waals surface area contributed by atoms with E-state index in [2.05, 4.69) is 127 Å². The van der Waals surface area contributed by atoms with Gasteiger partial charge in [0, 0.05) is 173 Å². The van der Waals surface area contributed by atoms with Gasteiger partial charge in [0.25, 0.3) is 0 Å². The van der Waals surface area contributed by atoms with Crippen molar-refractivity contribution >= 4 is 16.5 Å². The summed E-state index contributed by atoms with van der Waals surface area (Å²) in [6, 6.07) is 63.1. The smallest absolute Gasteiger partial charge is 0.122 e. The number of fused-ring (bicyclic) bond motifs is 1. The summed E-state index contributed by atoms with van der Waals surface area (Å²) in [6.45, 7) is 12.5. The minimum Gasteiger partial charge on any atom is -0.372 e. The first-order chi connectivity index (χ1) is 40.8. The Kier molecular flexibility index (Phi) is 32.6. The molecule has 0 saturated carbocycles. The molecule has 17 heteroatoms. The van der Waals surface area contributed by atoms with E-state index >= 15 is 0 Å². The summed E-state index contributed by atoms with van der Waals surface area (Å²) in [5.41, 5.74) is 13.8. The van der Waals surface area contributed by atoms with Gasteiger partial charge in [0.2, 0.25) is 0 Å². The third kappa shape index (κ3) is 20.0. The molecule has 0 N–H and O–H groups in total. The van der Waals surface area contributed by atoms with Gasteiger partial charge in [-0.3, -0.25) is 33.7 Å². The van der Waals surface area contributed by atoms with Crippen LogP contribution in [0.15, 0.2) is 170 Å². The van der Waals surface area contributed by atoms with E-state index in [1.54, 1.807) is 18.7 Å². The third-order valence-corrected chi connectivity index (χ3v) is 13.9. The number of benzene rings is 6. The van der Waals surface area contributed by atoms with Gasteiger partial charge in [-0.1, -0.05) is 76.6 Å². The second-order valence-electron chi connectivity index (χ2n) is 19.5. The number of aromatic nitrogens is 9. The topological polar surface area (TPSA) is 119 Å². The average molecular weight is 2060 g/mol. The van der Waals surface area contributed by atoms with Crippen LogP contribution in [0.25, 0.3) is 67.3 Å². The Morgan fingerprint density at radius 2 is 1.03 bits per heavy atom. The first-order valence-corrected chi connectivity index (χ1v) is 28.5. The molecular weight excluding hydrogens is 1990 g/mol. The van der Waals surface area contributed by atoms with Gasteiger partial charge >= 0.3 is 0 Å². The van der Waals surface area contributed by atoms with E-state index in [1.807, 2.05) is 117 Å². The van der Waals surface area contributed by atoms with Crippen LogP contribution >= 0.6 is 0 Å². The minimum absolute atomic E-state index is 0. The molecule has 2 aliphatic rings. The van der Waals surface area contributed by atoms with Gasteiger partial charge in [-0.25, -0.2) is 9.97 Å². The number of pyridine rings is 2. The molecule has 88 heavy (non-hydrogen) atoms. The van der Waals surface area contributed by atoms with Gasteiger partial charge in [0.1, 0.15) is 18.0 Å². The Balaban J connectivity index is 0.000000235. The summed E-state index contributed by atoms with van der Waals surface area (Å²) in [5.74, 6) is 1.95. The van der Waals surface area contributed by atoms with Crippen LogP contribution in [-0.4, -0.2) is 57.9 Å². The minimum atomic E-state index is -0.602. The Morgan fingerprint density at radius 3 is 1.62 bits per heavy atom. The number of aryl methyl sites for hydroxylation is 5. The molecule has 6 aromatic carbocycles. The van der Waals surface area contributed by atoms with Gasteiger partial charge in [-0.15, -0.1) is 156 Å². The van der Waals surface area contributed by atoms with Gasteiger partial charge < -0.3 is 14.9 Å². The van der Waals surface area contributed by atoms with Crippen molar-refractivity contribution in [3.05, 3.63) is 252 Å². The summed E-state index contributed by atoms with van der Waals surface area (Å²) in [7, 11) is 0. The maximum Gasteiger partial charge on any atom is 0.122 e. The van der Waals surface area contributed by atoms with Gasteiger partial charge in [-0.05, 0) is 96.1 Å². The standard InChI is InChI=1S/C19H19F2N2.C17H14N.2C12H11N2.C11H10N3.5Ir/c1-2-17-14-5-3-9-23-10-4-6-15(19(14)23)18(22-17)13-8-7-12(20)11-16(13)21;1-2-15-12-14-10-6-7-11-16(14)17(18-15)13-8-4-3-5-9-13;1-2-12-13-9-8-11(14-12)10-6-4-3-5-7-10;1-2-11-8-9-13-12(14-11)10-6-4-3-5-7-10;1-2-10-12-8-13-11(14-10)9-6-4-3-5-7-9;;;;;/h7,11H,2-6,9-10H2,1H3;3-8,10-12H,2H2,1H3;2*3-6,8-9H,2H2,1H3;3-6,8H,2H2,1H3;;;;;/q5*-1;;;;;. The fraction of sp³-hybridized carbons (Fsp3) is 0.225. The SMILES string of the molecule is CCc1cc2ccccc2c(-c2[c-]cccc2)n1.CCc1ccnc(-c2[c-]cccc2)n1.CCc1nc(-c2[c-]cc(F)cc2F)c2c3c1CCCN3CCC2.CCc1nccc(-c2[c-]cccc2)n1.CCc1ncnc(-c2[c-]cccc2)n1.[Ir].[Ir].[Ir].[Ir].[Ir]. The molecule has 5 aromatic heterocycles. The molecule has 10 nitrogen and oxygen atoms in total. The number of anilines is 1. The van der Waals surface area contributed by atoms with E-state index in [-0.39, 0.29) is 101 Å². The molecule has 2 aliphatic heterocycles. The predicted molar refractivity (Wildman–Crippen MR) is 327 cm³/mol.